The molecule has 0 aliphatic rings. The van der Waals surface area contributed by atoms with Crippen LogP contribution >= 0.6 is 0 Å². The molecule has 5 nitrogen and oxygen atoms in total. The number of carbonyl (C=O) groups excluding carboxylic acids is 1. The molecule has 3 rings (SSSR count). The highest BCUT2D eigenvalue weighted by Crippen LogP contribution is 2.18. The number of aryl methyl sites for hydroxylation is 3. The highest BCUT2D eigenvalue weighted by molar-refractivity contribution is 5.90. The number of anilines is 1. The second-order valence-corrected chi connectivity index (χ2v) is 6.07. The molecule has 0 bridgehead atoms. The van der Waals surface area contributed by atoms with E-state index in [0.717, 1.165) is 12.0 Å². The van der Waals surface area contributed by atoms with Crippen LogP contribution in [0.5, 0.6) is 0 Å². The molecule has 0 saturated heterocycles. The van der Waals surface area contributed by atoms with E-state index in [2.05, 4.69) is 22.4 Å². The van der Waals surface area contributed by atoms with Crippen LogP contribution in [0.2, 0.25) is 0 Å². The molecule has 134 valence electrons. The minimum absolute atomic E-state index is 0.173. The third kappa shape index (κ3) is 4.33. The summed E-state index contributed by atoms with van der Waals surface area (Å²) in [6, 6.07) is 12.6. The first-order chi connectivity index (χ1) is 12.5. The minimum Gasteiger partial charge on any atom is -0.339 e. The number of benzene rings is 2. The molecule has 1 amide bonds. The molecule has 1 aromatic heterocycles. The summed E-state index contributed by atoms with van der Waals surface area (Å²) < 4.78 is 18.7. The van der Waals surface area contributed by atoms with Crippen LogP contribution in [-0.4, -0.2) is 16.0 Å². The molecular formula is C20H20FN3O2. The van der Waals surface area contributed by atoms with Gasteiger partial charge in [-0.15, -0.1) is 0 Å². The molecule has 2 aromatic carbocycles. The van der Waals surface area contributed by atoms with Crippen molar-refractivity contribution in [1.29, 1.82) is 0 Å². The molecular weight excluding hydrogens is 333 g/mol. The molecule has 0 aliphatic carbocycles. The molecule has 0 fully saturated rings. The van der Waals surface area contributed by atoms with Crippen LogP contribution in [0, 0.1) is 12.7 Å². The van der Waals surface area contributed by atoms with E-state index in [4.69, 9.17) is 4.52 Å². The summed E-state index contributed by atoms with van der Waals surface area (Å²) in [6.07, 6.45) is 1.46. The van der Waals surface area contributed by atoms with E-state index >= 15 is 0 Å². The number of hydrogen-bond acceptors (Lipinski definition) is 4. The zero-order valence-electron chi connectivity index (χ0n) is 14.8. The summed E-state index contributed by atoms with van der Waals surface area (Å²) in [4.78, 5) is 16.3. The monoisotopic (exact) mass is 353 g/mol. The Hall–Kier alpha value is -3.02. The van der Waals surface area contributed by atoms with Crippen LogP contribution in [-0.2, 0) is 17.6 Å². The van der Waals surface area contributed by atoms with E-state index in [0.29, 0.717) is 29.4 Å². The number of halogens is 1. The lowest BCUT2D eigenvalue weighted by Crippen LogP contribution is -2.12. The van der Waals surface area contributed by atoms with E-state index in [-0.39, 0.29) is 18.1 Å². The Kier molecular flexibility index (Phi) is 5.41. The minimum atomic E-state index is -0.349. The van der Waals surface area contributed by atoms with Gasteiger partial charge in [-0.05, 0) is 36.6 Å². The van der Waals surface area contributed by atoms with Gasteiger partial charge in [-0.25, -0.2) is 4.39 Å². The van der Waals surface area contributed by atoms with E-state index < -0.39 is 0 Å². The average molecular weight is 353 g/mol. The van der Waals surface area contributed by atoms with Gasteiger partial charge in [0.25, 0.3) is 0 Å². The standard InChI is InChI=1S/C20H20FN3O2/c1-3-14-5-7-15(8-6-14)20-23-19(26-24-20)11-10-18(25)22-16-9-4-13(2)17(21)12-16/h4-9,12H,3,10-11H2,1-2H3,(H,22,25). The van der Waals surface area contributed by atoms with Crippen LogP contribution in [0.25, 0.3) is 11.4 Å². The summed E-state index contributed by atoms with van der Waals surface area (Å²) in [5.41, 5.74) is 3.08. The number of nitrogens with one attached hydrogen (secondary N) is 1. The molecule has 26 heavy (non-hydrogen) atoms. The topological polar surface area (TPSA) is 68.0 Å². The molecule has 0 radical (unpaired) electrons. The zero-order chi connectivity index (χ0) is 18.5. The fourth-order valence-corrected chi connectivity index (χ4v) is 2.48. The van der Waals surface area contributed by atoms with Gasteiger partial charge in [0.1, 0.15) is 5.82 Å². The number of aromatic nitrogens is 2. The smallest absolute Gasteiger partial charge is 0.227 e. The number of rotatable bonds is 6. The number of hydrogen-bond donors (Lipinski definition) is 1. The van der Waals surface area contributed by atoms with Crippen molar-refractivity contribution >= 4 is 11.6 Å². The lowest BCUT2D eigenvalue weighted by Gasteiger charge is -2.05. The third-order valence-electron chi connectivity index (χ3n) is 4.11. The molecule has 1 N–H and O–H groups in total. The Morgan fingerprint density at radius 3 is 2.65 bits per heavy atom. The lowest BCUT2D eigenvalue weighted by molar-refractivity contribution is -0.116. The second-order valence-electron chi connectivity index (χ2n) is 6.07. The van der Waals surface area contributed by atoms with Crippen molar-refractivity contribution in [3.05, 3.63) is 65.3 Å². The van der Waals surface area contributed by atoms with Crippen molar-refractivity contribution in [2.24, 2.45) is 0 Å². The summed E-state index contributed by atoms with van der Waals surface area (Å²) >= 11 is 0. The Labute approximate surface area is 151 Å². The van der Waals surface area contributed by atoms with Gasteiger partial charge in [-0.3, -0.25) is 4.79 Å². The quantitative estimate of drug-likeness (QED) is 0.717. The lowest BCUT2D eigenvalue weighted by atomic mass is 10.1. The zero-order valence-corrected chi connectivity index (χ0v) is 14.8. The number of amides is 1. The predicted octanol–water partition coefficient (Wildman–Crippen LogP) is 4.32. The predicted molar refractivity (Wildman–Crippen MR) is 97.2 cm³/mol. The largest absolute Gasteiger partial charge is 0.339 e. The van der Waals surface area contributed by atoms with Crippen molar-refractivity contribution in [1.82, 2.24) is 10.1 Å². The van der Waals surface area contributed by atoms with Crippen LogP contribution in [0.15, 0.2) is 47.0 Å². The van der Waals surface area contributed by atoms with Gasteiger partial charge in [0.15, 0.2) is 0 Å². The summed E-state index contributed by atoms with van der Waals surface area (Å²) in [5, 5.41) is 6.62. The Morgan fingerprint density at radius 2 is 1.96 bits per heavy atom. The van der Waals surface area contributed by atoms with Crippen LogP contribution in [0.4, 0.5) is 10.1 Å². The van der Waals surface area contributed by atoms with Gasteiger partial charge in [-0.2, -0.15) is 4.98 Å². The van der Waals surface area contributed by atoms with Gasteiger partial charge in [-0.1, -0.05) is 42.4 Å². The van der Waals surface area contributed by atoms with Gasteiger partial charge in [0.2, 0.25) is 17.6 Å². The van der Waals surface area contributed by atoms with Crippen LogP contribution < -0.4 is 5.32 Å². The average Bonchev–Trinajstić information content (AvgIpc) is 3.12. The van der Waals surface area contributed by atoms with Gasteiger partial charge in [0.05, 0.1) is 0 Å². The third-order valence-corrected chi connectivity index (χ3v) is 4.11. The Balaban J connectivity index is 1.56. The number of nitrogens with zero attached hydrogens (tertiary/aromatic N) is 2. The van der Waals surface area contributed by atoms with Gasteiger partial charge in [0, 0.05) is 24.1 Å². The van der Waals surface area contributed by atoms with E-state index in [1.807, 2.05) is 24.3 Å². The fourth-order valence-electron chi connectivity index (χ4n) is 2.48. The van der Waals surface area contributed by atoms with Crippen molar-refractivity contribution in [2.75, 3.05) is 5.32 Å². The molecule has 0 saturated carbocycles. The first-order valence-corrected chi connectivity index (χ1v) is 8.53. The maximum absolute atomic E-state index is 13.5. The molecule has 1 heterocycles. The van der Waals surface area contributed by atoms with E-state index in [1.54, 1.807) is 19.1 Å². The SMILES string of the molecule is CCc1ccc(-c2noc(CCC(=O)Nc3ccc(C)c(F)c3)n2)cc1. The maximum atomic E-state index is 13.5. The fraction of sp³-hybridized carbons (Fsp3) is 0.250. The van der Waals surface area contributed by atoms with E-state index in [9.17, 15) is 9.18 Å². The summed E-state index contributed by atoms with van der Waals surface area (Å²) in [6.45, 7) is 3.77. The molecule has 3 aromatic rings. The molecule has 0 atom stereocenters. The normalized spacial score (nSPS) is 10.7. The van der Waals surface area contributed by atoms with Crippen LogP contribution in [0.1, 0.15) is 30.4 Å². The summed E-state index contributed by atoms with van der Waals surface area (Å²) in [5.74, 6) is 0.312. The van der Waals surface area contributed by atoms with Crippen molar-refractivity contribution in [3.63, 3.8) is 0 Å². The van der Waals surface area contributed by atoms with Crippen molar-refractivity contribution in [3.8, 4) is 11.4 Å². The Morgan fingerprint density at radius 1 is 1.19 bits per heavy atom. The first-order valence-electron chi connectivity index (χ1n) is 8.53. The maximum Gasteiger partial charge on any atom is 0.227 e. The highest BCUT2D eigenvalue weighted by Gasteiger charge is 2.11. The first kappa shape index (κ1) is 17.8. The number of carbonyl (C=O) groups is 1. The van der Waals surface area contributed by atoms with Gasteiger partial charge < -0.3 is 9.84 Å². The highest BCUT2D eigenvalue weighted by atomic mass is 19.1. The molecule has 0 spiro atoms. The molecule has 6 heteroatoms. The van der Waals surface area contributed by atoms with E-state index in [1.165, 1.54) is 11.6 Å². The Bertz CT molecular complexity index is 904. The summed E-state index contributed by atoms with van der Waals surface area (Å²) in [7, 11) is 0. The van der Waals surface area contributed by atoms with Crippen molar-refractivity contribution < 1.29 is 13.7 Å². The van der Waals surface area contributed by atoms with Crippen LogP contribution in [0.3, 0.4) is 0 Å². The second kappa shape index (κ2) is 7.91. The van der Waals surface area contributed by atoms with Crippen molar-refractivity contribution in [2.45, 2.75) is 33.1 Å². The molecule has 0 aliphatic heterocycles. The molecule has 0 unspecified atom stereocenters. The van der Waals surface area contributed by atoms with Gasteiger partial charge >= 0.3 is 0 Å².